The maximum Gasteiger partial charge on any atom is 0.252 e. The van der Waals surface area contributed by atoms with Crippen molar-refractivity contribution in [1.82, 2.24) is 5.32 Å². The van der Waals surface area contributed by atoms with Gasteiger partial charge in [0, 0.05) is 5.56 Å². The van der Waals surface area contributed by atoms with Crippen molar-refractivity contribution in [1.29, 1.82) is 0 Å². The lowest BCUT2D eigenvalue weighted by Gasteiger charge is -2.18. The first-order valence-corrected chi connectivity index (χ1v) is 7.63. The summed E-state index contributed by atoms with van der Waals surface area (Å²) in [6, 6.07) is 24.0. The van der Waals surface area contributed by atoms with Gasteiger partial charge in [0.25, 0.3) is 5.91 Å². The summed E-state index contributed by atoms with van der Waals surface area (Å²) in [6.07, 6.45) is 0.862. The lowest BCUT2D eigenvalue weighted by atomic mass is 10.0. The van der Waals surface area contributed by atoms with Crippen molar-refractivity contribution in [3.63, 3.8) is 0 Å². The van der Waals surface area contributed by atoms with Gasteiger partial charge in [-0.3, -0.25) is 4.79 Å². The van der Waals surface area contributed by atoms with E-state index in [4.69, 9.17) is 0 Å². The van der Waals surface area contributed by atoms with E-state index in [0.717, 1.165) is 28.3 Å². The van der Waals surface area contributed by atoms with Crippen molar-refractivity contribution in [2.75, 3.05) is 0 Å². The van der Waals surface area contributed by atoms with Crippen LogP contribution in [-0.2, 0) is 0 Å². The van der Waals surface area contributed by atoms with Crippen LogP contribution in [0.2, 0.25) is 0 Å². The summed E-state index contributed by atoms with van der Waals surface area (Å²) in [5.74, 6) is -0.0208. The first kappa shape index (κ1) is 14.3. The maximum absolute atomic E-state index is 12.7. The average molecular weight is 289 g/mol. The first-order chi connectivity index (χ1) is 10.8. The van der Waals surface area contributed by atoms with Crippen molar-refractivity contribution >= 4 is 16.7 Å². The fourth-order valence-electron chi connectivity index (χ4n) is 2.77. The Bertz CT molecular complexity index is 775. The molecule has 0 aliphatic carbocycles. The number of amides is 1. The molecule has 0 bridgehead atoms. The molecule has 0 fully saturated rings. The molecular weight excluding hydrogens is 270 g/mol. The molecule has 0 aromatic heterocycles. The van der Waals surface area contributed by atoms with Crippen LogP contribution in [0.3, 0.4) is 0 Å². The third-order valence-corrected chi connectivity index (χ3v) is 3.95. The van der Waals surface area contributed by atoms with Crippen LogP contribution in [0.1, 0.15) is 35.3 Å². The molecule has 0 radical (unpaired) electrons. The Hall–Kier alpha value is -2.61. The van der Waals surface area contributed by atoms with Crippen molar-refractivity contribution in [3.05, 3.63) is 83.9 Å². The number of hydrogen-bond donors (Lipinski definition) is 1. The van der Waals surface area contributed by atoms with Crippen molar-refractivity contribution in [3.8, 4) is 0 Å². The Balaban J connectivity index is 1.90. The van der Waals surface area contributed by atoms with E-state index in [2.05, 4.69) is 24.4 Å². The molecule has 1 N–H and O–H groups in total. The van der Waals surface area contributed by atoms with Gasteiger partial charge >= 0.3 is 0 Å². The minimum absolute atomic E-state index is 0.0208. The molecule has 0 aliphatic heterocycles. The molecule has 0 spiro atoms. The van der Waals surface area contributed by atoms with E-state index in [1.807, 2.05) is 60.7 Å². The first-order valence-electron chi connectivity index (χ1n) is 7.63. The van der Waals surface area contributed by atoms with Gasteiger partial charge < -0.3 is 5.32 Å². The molecule has 2 heteroatoms. The van der Waals surface area contributed by atoms with Gasteiger partial charge in [0.15, 0.2) is 0 Å². The number of nitrogens with one attached hydrogen (secondary N) is 1. The minimum atomic E-state index is -0.0208. The summed E-state index contributed by atoms with van der Waals surface area (Å²) in [4.78, 5) is 12.7. The maximum atomic E-state index is 12.7. The van der Waals surface area contributed by atoms with Crippen LogP contribution in [0, 0.1) is 0 Å². The van der Waals surface area contributed by atoms with Gasteiger partial charge in [0.2, 0.25) is 0 Å². The van der Waals surface area contributed by atoms with Gasteiger partial charge in [-0.25, -0.2) is 0 Å². The van der Waals surface area contributed by atoms with Gasteiger partial charge in [-0.1, -0.05) is 73.7 Å². The molecule has 3 rings (SSSR count). The van der Waals surface area contributed by atoms with E-state index in [9.17, 15) is 4.79 Å². The molecule has 2 nitrogen and oxygen atoms in total. The predicted octanol–water partition coefficient (Wildman–Crippen LogP) is 4.72. The molecule has 1 unspecified atom stereocenters. The smallest absolute Gasteiger partial charge is 0.252 e. The highest BCUT2D eigenvalue weighted by atomic mass is 16.1. The number of rotatable bonds is 4. The van der Waals surface area contributed by atoms with Gasteiger partial charge in [-0.05, 0) is 28.8 Å². The Morgan fingerprint density at radius 3 is 2.36 bits per heavy atom. The molecule has 110 valence electrons. The summed E-state index contributed by atoms with van der Waals surface area (Å²) >= 11 is 0. The van der Waals surface area contributed by atoms with Crippen LogP contribution in [0.25, 0.3) is 10.8 Å². The van der Waals surface area contributed by atoms with Gasteiger partial charge in [0.1, 0.15) is 0 Å². The Kier molecular flexibility index (Phi) is 4.19. The number of fused-ring (bicyclic) bond motifs is 1. The van der Waals surface area contributed by atoms with E-state index in [-0.39, 0.29) is 11.9 Å². The third kappa shape index (κ3) is 2.86. The van der Waals surface area contributed by atoms with Crippen LogP contribution >= 0.6 is 0 Å². The van der Waals surface area contributed by atoms with E-state index in [1.165, 1.54) is 0 Å². The molecule has 0 aliphatic rings. The zero-order chi connectivity index (χ0) is 15.4. The molecule has 3 aromatic carbocycles. The molecule has 0 saturated carbocycles. The second kappa shape index (κ2) is 6.44. The van der Waals surface area contributed by atoms with E-state index < -0.39 is 0 Å². The second-order valence-corrected chi connectivity index (χ2v) is 5.37. The van der Waals surface area contributed by atoms with E-state index in [0.29, 0.717) is 0 Å². The fourth-order valence-corrected chi connectivity index (χ4v) is 2.77. The summed E-state index contributed by atoms with van der Waals surface area (Å²) < 4.78 is 0. The summed E-state index contributed by atoms with van der Waals surface area (Å²) in [5, 5.41) is 5.23. The van der Waals surface area contributed by atoms with Gasteiger partial charge in [0.05, 0.1) is 6.04 Å². The quantitative estimate of drug-likeness (QED) is 0.739. The average Bonchev–Trinajstić information content (AvgIpc) is 2.59. The van der Waals surface area contributed by atoms with E-state index >= 15 is 0 Å². The monoisotopic (exact) mass is 289 g/mol. The summed E-state index contributed by atoms with van der Waals surface area (Å²) in [7, 11) is 0. The predicted molar refractivity (Wildman–Crippen MR) is 90.9 cm³/mol. The minimum Gasteiger partial charge on any atom is -0.345 e. The van der Waals surface area contributed by atoms with Crippen molar-refractivity contribution < 1.29 is 4.79 Å². The Morgan fingerprint density at radius 2 is 1.59 bits per heavy atom. The number of carbonyl (C=O) groups is 1. The molecular formula is C20H19NO. The molecule has 3 aromatic rings. The van der Waals surface area contributed by atoms with Crippen LogP contribution in [0.5, 0.6) is 0 Å². The highest BCUT2D eigenvalue weighted by molar-refractivity contribution is 6.07. The van der Waals surface area contributed by atoms with Crippen LogP contribution < -0.4 is 5.32 Å². The zero-order valence-corrected chi connectivity index (χ0v) is 12.6. The third-order valence-electron chi connectivity index (χ3n) is 3.95. The highest BCUT2D eigenvalue weighted by Crippen LogP contribution is 2.21. The van der Waals surface area contributed by atoms with Crippen LogP contribution in [-0.4, -0.2) is 5.91 Å². The number of carbonyl (C=O) groups excluding carboxylic acids is 1. The lowest BCUT2D eigenvalue weighted by molar-refractivity contribution is 0.0937. The lowest BCUT2D eigenvalue weighted by Crippen LogP contribution is -2.28. The van der Waals surface area contributed by atoms with Gasteiger partial charge in [-0.15, -0.1) is 0 Å². The topological polar surface area (TPSA) is 29.1 Å². The van der Waals surface area contributed by atoms with Crippen LogP contribution in [0.4, 0.5) is 0 Å². The fraction of sp³-hybridized carbons (Fsp3) is 0.150. The summed E-state index contributed by atoms with van der Waals surface area (Å²) in [6.45, 7) is 2.08. The summed E-state index contributed by atoms with van der Waals surface area (Å²) in [5.41, 5.74) is 1.87. The second-order valence-electron chi connectivity index (χ2n) is 5.37. The van der Waals surface area contributed by atoms with Crippen LogP contribution in [0.15, 0.2) is 72.8 Å². The molecule has 1 amide bonds. The SMILES string of the molecule is CCC(NC(=O)c1cccc2ccccc12)c1ccccc1. The molecule has 0 saturated heterocycles. The highest BCUT2D eigenvalue weighted by Gasteiger charge is 2.15. The standard InChI is InChI=1S/C20H19NO/c1-2-19(16-10-4-3-5-11-16)21-20(22)18-14-8-12-15-9-6-7-13-17(15)18/h3-14,19H,2H2,1H3,(H,21,22). The van der Waals surface area contributed by atoms with E-state index in [1.54, 1.807) is 0 Å². The molecule has 22 heavy (non-hydrogen) atoms. The number of hydrogen-bond acceptors (Lipinski definition) is 1. The molecule has 0 heterocycles. The van der Waals surface area contributed by atoms with Gasteiger partial charge in [-0.2, -0.15) is 0 Å². The van der Waals surface area contributed by atoms with Crippen molar-refractivity contribution in [2.24, 2.45) is 0 Å². The Labute approximate surface area is 130 Å². The van der Waals surface area contributed by atoms with Crippen molar-refractivity contribution in [2.45, 2.75) is 19.4 Å². The number of benzene rings is 3. The largest absolute Gasteiger partial charge is 0.345 e. The molecule has 1 atom stereocenters. The normalized spacial score (nSPS) is 12.0. The Morgan fingerprint density at radius 1 is 0.909 bits per heavy atom. The zero-order valence-electron chi connectivity index (χ0n) is 12.6.